The van der Waals surface area contributed by atoms with Crippen LogP contribution in [0.15, 0.2) is 42.7 Å². The highest BCUT2D eigenvalue weighted by molar-refractivity contribution is 5.69. The van der Waals surface area contributed by atoms with Crippen molar-refractivity contribution in [3.63, 3.8) is 0 Å². The van der Waals surface area contributed by atoms with Gasteiger partial charge in [-0.1, -0.05) is 6.92 Å². The van der Waals surface area contributed by atoms with Crippen LogP contribution in [0, 0.1) is 23.4 Å². The van der Waals surface area contributed by atoms with Gasteiger partial charge >= 0.3 is 0 Å². The van der Waals surface area contributed by atoms with Crippen LogP contribution in [0.5, 0.6) is 0 Å². The number of rotatable bonds is 6. The van der Waals surface area contributed by atoms with Crippen molar-refractivity contribution in [2.24, 2.45) is 11.7 Å². The minimum Gasteiger partial charge on any atom is -0.392 e. The Morgan fingerprint density at radius 1 is 1.12 bits per heavy atom. The molecule has 180 valence electrons. The number of nitrogens with one attached hydrogen (secondary N) is 1. The predicted octanol–water partition coefficient (Wildman–Crippen LogP) is 2.81. The lowest BCUT2D eigenvalue weighted by atomic mass is 9.92. The van der Waals surface area contributed by atoms with Crippen LogP contribution >= 0.6 is 0 Å². The summed E-state index contributed by atoms with van der Waals surface area (Å²) in [5.41, 5.74) is 6.97. The fourth-order valence-electron chi connectivity index (χ4n) is 4.20. The van der Waals surface area contributed by atoms with Gasteiger partial charge in [-0.2, -0.15) is 0 Å². The summed E-state index contributed by atoms with van der Waals surface area (Å²) >= 11 is 0. The zero-order valence-corrected chi connectivity index (χ0v) is 18.5. The number of benzene rings is 1. The van der Waals surface area contributed by atoms with Crippen molar-refractivity contribution >= 4 is 11.4 Å². The molecule has 1 aromatic carbocycles. The van der Waals surface area contributed by atoms with Crippen LogP contribution in [0.2, 0.25) is 0 Å². The number of pyridine rings is 2. The first-order valence-corrected chi connectivity index (χ1v) is 10.9. The Balaban J connectivity index is 1.58. The monoisotopic (exact) mass is 473 g/mol. The van der Waals surface area contributed by atoms with Crippen molar-refractivity contribution in [3.8, 4) is 11.3 Å². The standard InChI is InChI=1S/C24H26F3N5O2/c1-13-10-32(11-19(28)24(13)34)21-4-5-29-9-20(21)30-8-15-2-3-16(25)23(31-15)22-17(26)6-14(12-33)7-18(22)27/h2-7,9,13,19,24,30,33-34H,8,10-12,28H2,1H3. The Hall–Kier alpha value is -3.21. The summed E-state index contributed by atoms with van der Waals surface area (Å²) in [5.74, 6) is -2.90. The SMILES string of the molecule is CC1CN(c2ccncc2NCc2ccc(F)c(-c3c(F)cc(CO)cc3F)n2)CC(N)C1O. The number of hydrogen-bond acceptors (Lipinski definition) is 7. The van der Waals surface area contributed by atoms with Gasteiger partial charge in [0.15, 0.2) is 0 Å². The molecule has 5 N–H and O–H groups in total. The minimum atomic E-state index is -1.01. The highest BCUT2D eigenvalue weighted by atomic mass is 19.1. The third-order valence-corrected chi connectivity index (χ3v) is 5.98. The summed E-state index contributed by atoms with van der Waals surface area (Å²) < 4.78 is 43.4. The number of nitrogens with zero attached hydrogens (tertiary/aromatic N) is 3. The molecule has 0 aliphatic carbocycles. The smallest absolute Gasteiger partial charge is 0.149 e. The van der Waals surface area contributed by atoms with Gasteiger partial charge in [-0.25, -0.2) is 18.2 Å². The summed E-state index contributed by atoms with van der Waals surface area (Å²) in [4.78, 5) is 10.4. The van der Waals surface area contributed by atoms with E-state index in [4.69, 9.17) is 10.8 Å². The van der Waals surface area contributed by atoms with Gasteiger partial charge in [0.25, 0.3) is 0 Å². The molecule has 0 bridgehead atoms. The van der Waals surface area contributed by atoms with E-state index in [1.165, 1.54) is 6.07 Å². The molecule has 3 aromatic rings. The van der Waals surface area contributed by atoms with E-state index in [2.05, 4.69) is 20.2 Å². The number of piperidine rings is 1. The predicted molar refractivity (Wildman–Crippen MR) is 122 cm³/mol. The Labute approximate surface area is 195 Å². The first-order valence-electron chi connectivity index (χ1n) is 10.9. The number of hydrogen-bond donors (Lipinski definition) is 4. The summed E-state index contributed by atoms with van der Waals surface area (Å²) in [6.07, 6.45) is 2.70. The van der Waals surface area contributed by atoms with E-state index in [0.717, 1.165) is 23.9 Å². The summed E-state index contributed by atoms with van der Waals surface area (Å²) in [5, 5.41) is 22.5. The van der Waals surface area contributed by atoms with Crippen molar-refractivity contribution in [2.45, 2.75) is 32.2 Å². The molecule has 3 atom stereocenters. The van der Waals surface area contributed by atoms with Crippen LogP contribution in [-0.2, 0) is 13.2 Å². The van der Waals surface area contributed by atoms with Crippen molar-refractivity contribution in [3.05, 3.63) is 71.4 Å². The van der Waals surface area contributed by atoms with Crippen LogP contribution in [0.25, 0.3) is 11.3 Å². The lowest BCUT2D eigenvalue weighted by Gasteiger charge is -2.40. The maximum atomic E-state index is 14.5. The fraction of sp³-hybridized carbons (Fsp3) is 0.333. The molecule has 7 nitrogen and oxygen atoms in total. The lowest BCUT2D eigenvalue weighted by Crippen LogP contribution is -2.55. The normalized spacial score (nSPS) is 20.4. The Morgan fingerprint density at radius 3 is 2.53 bits per heavy atom. The van der Waals surface area contributed by atoms with Crippen LogP contribution in [0.3, 0.4) is 0 Å². The first-order chi connectivity index (χ1) is 16.3. The van der Waals surface area contributed by atoms with E-state index in [1.54, 1.807) is 12.4 Å². The molecule has 0 radical (unpaired) electrons. The van der Waals surface area contributed by atoms with Crippen molar-refractivity contribution in [1.82, 2.24) is 9.97 Å². The van der Waals surface area contributed by atoms with Crippen LogP contribution in [0.1, 0.15) is 18.2 Å². The zero-order chi connectivity index (χ0) is 24.4. The average Bonchev–Trinajstić information content (AvgIpc) is 2.82. The van der Waals surface area contributed by atoms with E-state index < -0.39 is 47.5 Å². The Bertz CT molecular complexity index is 1140. The second kappa shape index (κ2) is 9.96. The molecule has 1 fully saturated rings. The molecule has 1 saturated heterocycles. The fourth-order valence-corrected chi connectivity index (χ4v) is 4.20. The maximum Gasteiger partial charge on any atom is 0.149 e. The largest absolute Gasteiger partial charge is 0.392 e. The molecular weight excluding hydrogens is 447 g/mol. The van der Waals surface area contributed by atoms with E-state index in [-0.39, 0.29) is 18.0 Å². The van der Waals surface area contributed by atoms with E-state index in [1.807, 2.05) is 13.0 Å². The molecular formula is C24H26F3N5O2. The molecule has 2 aromatic heterocycles. The van der Waals surface area contributed by atoms with Gasteiger partial charge in [0.05, 0.1) is 48.1 Å². The van der Waals surface area contributed by atoms with Gasteiger partial charge in [-0.05, 0) is 35.9 Å². The molecule has 3 unspecified atom stereocenters. The van der Waals surface area contributed by atoms with Crippen molar-refractivity contribution < 1.29 is 23.4 Å². The second-order valence-electron chi connectivity index (χ2n) is 8.51. The van der Waals surface area contributed by atoms with E-state index in [9.17, 15) is 18.3 Å². The number of nitrogens with two attached hydrogens (primary N) is 1. The highest BCUT2D eigenvalue weighted by Gasteiger charge is 2.31. The first kappa shape index (κ1) is 23.9. The molecule has 1 aliphatic heterocycles. The minimum absolute atomic E-state index is 0.0203. The number of anilines is 2. The molecule has 10 heteroatoms. The highest BCUT2D eigenvalue weighted by Crippen LogP contribution is 2.31. The van der Waals surface area contributed by atoms with Crippen molar-refractivity contribution in [2.75, 3.05) is 23.3 Å². The van der Waals surface area contributed by atoms with E-state index >= 15 is 0 Å². The number of aliphatic hydroxyl groups is 2. The number of aliphatic hydroxyl groups excluding tert-OH is 2. The molecule has 0 amide bonds. The Morgan fingerprint density at radius 2 is 1.85 bits per heavy atom. The molecule has 3 heterocycles. The summed E-state index contributed by atoms with van der Waals surface area (Å²) in [7, 11) is 0. The van der Waals surface area contributed by atoms with Crippen LogP contribution < -0.4 is 16.0 Å². The molecule has 0 spiro atoms. The number of halogens is 3. The van der Waals surface area contributed by atoms with Crippen LogP contribution in [0.4, 0.5) is 24.5 Å². The van der Waals surface area contributed by atoms with E-state index in [0.29, 0.717) is 24.5 Å². The van der Waals surface area contributed by atoms with Gasteiger partial charge in [-0.15, -0.1) is 0 Å². The third-order valence-electron chi connectivity index (χ3n) is 5.98. The van der Waals surface area contributed by atoms with Gasteiger partial charge in [0.2, 0.25) is 0 Å². The zero-order valence-electron chi connectivity index (χ0n) is 18.5. The summed E-state index contributed by atoms with van der Waals surface area (Å²) in [6, 6.07) is 5.87. The molecule has 0 saturated carbocycles. The average molecular weight is 473 g/mol. The van der Waals surface area contributed by atoms with Gasteiger partial charge in [0.1, 0.15) is 23.1 Å². The van der Waals surface area contributed by atoms with Gasteiger partial charge in [-0.3, -0.25) is 4.98 Å². The van der Waals surface area contributed by atoms with Crippen molar-refractivity contribution in [1.29, 1.82) is 0 Å². The van der Waals surface area contributed by atoms with Gasteiger partial charge in [0, 0.05) is 31.2 Å². The third kappa shape index (κ3) is 4.84. The lowest BCUT2D eigenvalue weighted by molar-refractivity contribution is 0.0785. The van der Waals surface area contributed by atoms with Gasteiger partial charge < -0.3 is 26.2 Å². The Kier molecular flexibility index (Phi) is 7.01. The quantitative estimate of drug-likeness (QED) is 0.436. The topological polar surface area (TPSA) is 108 Å². The second-order valence-corrected chi connectivity index (χ2v) is 8.51. The van der Waals surface area contributed by atoms with Crippen LogP contribution in [-0.4, -0.2) is 45.4 Å². The number of aromatic nitrogens is 2. The molecule has 4 rings (SSSR count). The molecule has 1 aliphatic rings. The molecule has 34 heavy (non-hydrogen) atoms. The summed E-state index contributed by atoms with van der Waals surface area (Å²) in [6.45, 7) is 2.60. The maximum absolute atomic E-state index is 14.5.